The summed E-state index contributed by atoms with van der Waals surface area (Å²) in [5.41, 5.74) is 12.3. The lowest BCUT2D eigenvalue weighted by atomic mass is 9.94. The SMILES string of the molecule is C[C@@](N)(CCc1c(I)cc(I)c(N)c1I)C(=O)O. The van der Waals surface area contributed by atoms with Gasteiger partial charge in [-0.05, 0) is 99.2 Å². The summed E-state index contributed by atoms with van der Waals surface area (Å²) in [5.74, 6) is -0.981. The number of benzene rings is 1. The maximum Gasteiger partial charge on any atom is 0.323 e. The molecule has 0 amide bonds. The lowest BCUT2D eigenvalue weighted by Crippen LogP contribution is -2.45. The molecule has 0 aliphatic heterocycles. The maximum absolute atomic E-state index is 11.0. The molecule has 0 radical (unpaired) electrons. The zero-order chi connectivity index (χ0) is 14.1. The van der Waals surface area contributed by atoms with E-state index in [0.29, 0.717) is 12.8 Å². The molecule has 0 aromatic heterocycles. The molecule has 0 aliphatic carbocycles. The molecule has 18 heavy (non-hydrogen) atoms. The predicted molar refractivity (Wildman–Crippen MR) is 97.6 cm³/mol. The fraction of sp³-hybridized carbons (Fsp3) is 0.364. The molecule has 0 aliphatic rings. The highest BCUT2D eigenvalue weighted by atomic mass is 127. The summed E-state index contributed by atoms with van der Waals surface area (Å²) in [6, 6.07) is 2.00. The number of aliphatic carboxylic acids is 1. The van der Waals surface area contributed by atoms with Gasteiger partial charge in [-0.2, -0.15) is 0 Å². The molecular formula is C11H13I3N2O2. The summed E-state index contributed by atoms with van der Waals surface area (Å²) in [6.45, 7) is 1.53. The molecule has 1 atom stereocenters. The molecule has 4 nitrogen and oxygen atoms in total. The quantitative estimate of drug-likeness (QED) is 0.375. The summed E-state index contributed by atoms with van der Waals surface area (Å²) in [6.07, 6.45) is 0.991. The Labute approximate surface area is 147 Å². The number of rotatable bonds is 4. The van der Waals surface area contributed by atoms with Gasteiger partial charge in [-0.1, -0.05) is 0 Å². The van der Waals surface area contributed by atoms with E-state index in [1.165, 1.54) is 6.92 Å². The molecule has 0 saturated carbocycles. The summed E-state index contributed by atoms with van der Waals surface area (Å²) >= 11 is 6.64. The first-order valence-electron chi connectivity index (χ1n) is 5.11. The molecule has 0 unspecified atom stereocenters. The van der Waals surface area contributed by atoms with Gasteiger partial charge in [-0.15, -0.1) is 0 Å². The van der Waals surface area contributed by atoms with Gasteiger partial charge in [0.25, 0.3) is 0 Å². The van der Waals surface area contributed by atoms with Crippen molar-refractivity contribution in [3.05, 3.63) is 22.3 Å². The molecular weight excluding hydrogens is 573 g/mol. The number of nitrogen functional groups attached to an aromatic ring is 1. The Morgan fingerprint density at radius 3 is 2.44 bits per heavy atom. The third-order valence-corrected chi connectivity index (χ3v) is 5.77. The highest BCUT2D eigenvalue weighted by Crippen LogP contribution is 2.31. The van der Waals surface area contributed by atoms with Crippen molar-refractivity contribution in [1.82, 2.24) is 0 Å². The minimum absolute atomic E-state index is 0.383. The standard InChI is InChI=1S/C11H13I3N2O2/c1-11(16,10(17)18)3-2-5-6(12)4-7(13)9(15)8(5)14/h4H,2-3,15-16H2,1H3,(H,17,18)/t11-/m1/s1. The smallest absolute Gasteiger partial charge is 0.323 e. The fourth-order valence-corrected chi connectivity index (χ4v) is 5.28. The molecule has 7 heteroatoms. The number of anilines is 1. The van der Waals surface area contributed by atoms with Crippen LogP contribution < -0.4 is 11.5 Å². The van der Waals surface area contributed by atoms with Crippen LogP contribution in [0.25, 0.3) is 0 Å². The van der Waals surface area contributed by atoms with Crippen LogP contribution in [0.3, 0.4) is 0 Å². The summed E-state index contributed by atoms with van der Waals surface area (Å²) in [5, 5.41) is 9.00. The molecule has 5 N–H and O–H groups in total. The van der Waals surface area contributed by atoms with Crippen molar-refractivity contribution in [2.75, 3.05) is 5.73 Å². The molecule has 0 bridgehead atoms. The molecule has 1 rings (SSSR count). The molecule has 1 aromatic rings. The van der Waals surface area contributed by atoms with Crippen LogP contribution in [0.1, 0.15) is 18.9 Å². The van der Waals surface area contributed by atoms with Crippen molar-refractivity contribution in [1.29, 1.82) is 0 Å². The topological polar surface area (TPSA) is 89.3 Å². The number of carboxylic acid groups (broad SMARTS) is 1. The van der Waals surface area contributed by atoms with Crippen molar-refractivity contribution in [2.24, 2.45) is 5.73 Å². The Hall–Kier alpha value is 0.640. The Balaban J connectivity index is 3.00. The van der Waals surface area contributed by atoms with Crippen LogP contribution in [-0.4, -0.2) is 16.6 Å². The number of halogens is 3. The molecule has 0 saturated heterocycles. The van der Waals surface area contributed by atoms with Gasteiger partial charge in [-0.25, -0.2) is 0 Å². The van der Waals surface area contributed by atoms with Crippen LogP contribution in [-0.2, 0) is 11.2 Å². The molecule has 0 heterocycles. The second-order valence-corrected chi connectivity index (χ2v) is 7.67. The normalized spacial score (nSPS) is 14.3. The van der Waals surface area contributed by atoms with Crippen LogP contribution in [0.15, 0.2) is 6.07 Å². The lowest BCUT2D eigenvalue weighted by Gasteiger charge is -2.20. The second-order valence-electron chi connectivity index (χ2n) is 4.27. The minimum Gasteiger partial charge on any atom is -0.480 e. The minimum atomic E-state index is -1.20. The first-order valence-corrected chi connectivity index (χ1v) is 8.34. The number of nitrogens with two attached hydrogens (primary N) is 2. The van der Waals surface area contributed by atoms with Crippen molar-refractivity contribution < 1.29 is 9.90 Å². The fourth-order valence-electron chi connectivity index (χ4n) is 1.37. The summed E-state index contributed by atoms with van der Waals surface area (Å²) in [7, 11) is 0. The van der Waals surface area contributed by atoms with Crippen molar-refractivity contribution >= 4 is 79.4 Å². The van der Waals surface area contributed by atoms with Crippen molar-refractivity contribution in [2.45, 2.75) is 25.3 Å². The van der Waals surface area contributed by atoms with Crippen molar-refractivity contribution in [3.8, 4) is 0 Å². The zero-order valence-corrected chi connectivity index (χ0v) is 16.1. The van der Waals surface area contributed by atoms with Gasteiger partial charge in [0.2, 0.25) is 0 Å². The molecule has 1 aromatic carbocycles. The third kappa shape index (κ3) is 3.82. The first kappa shape index (κ1) is 16.7. The van der Waals surface area contributed by atoms with Gasteiger partial charge in [0.05, 0.1) is 5.69 Å². The monoisotopic (exact) mass is 586 g/mol. The first-order chi connectivity index (χ1) is 8.16. The van der Waals surface area contributed by atoms with Crippen molar-refractivity contribution in [3.63, 3.8) is 0 Å². The predicted octanol–water partition coefficient (Wildman–Crippen LogP) is 2.82. The van der Waals surface area contributed by atoms with Gasteiger partial charge in [0.15, 0.2) is 0 Å². The number of carbonyl (C=O) groups is 1. The average molecular weight is 586 g/mol. The number of hydrogen-bond donors (Lipinski definition) is 3. The van der Waals surface area contributed by atoms with Gasteiger partial charge >= 0.3 is 5.97 Å². The van der Waals surface area contributed by atoms with Gasteiger partial charge in [0, 0.05) is 10.7 Å². The van der Waals surface area contributed by atoms with E-state index in [2.05, 4.69) is 67.8 Å². The van der Waals surface area contributed by atoms with E-state index in [4.69, 9.17) is 16.6 Å². The van der Waals surface area contributed by atoms with E-state index >= 15 is 0 Å². The van der Waals surface area contributed by atoms with Crippen LogP contribution in [0.5, 0.6) is 0 Å². The second kappa shape index (κ2) is 6.39. The third-order valence-electron chi connectivity index (χ3n) is 2.68. The van der Waals surface area contributed by atoms with Crippen LogP contribution in [0, 0.1) is 10.7 Å². The Morgan fingerprint density at radius 2 is 1.94 bits per heavy atom. The van der Waals surface area contributed by atoms with Crippen LogP contribution in [0.4, 0.5) is 5.69 Å². The zero-order valence-electron chi connectivity index (χ0n) is 9.64. The summed E-state index contributed by atoms with van der Waals surface area (Å²) < 4.78 is 3.10. The lowest BCUT2D eigenvalue weighted by molar-refractivity contribution is -0.142. The Bertz CT molecular complexity index is 490. The largest absolute Gasteiger partial charge is 0.480 e. The van der Waals surface area contributed by atoms with Gasteiger partial charge in [-0.3, -0.25) is 4.79 Å². The number of carboxylic acids is 1. The van der Waals surface area contributed by atoms with E-state index in [1.807, 2.05) is 6.07 Å². The average Bonchev–Trinajstić information content (AvgIpc) is 2.25. The molecule has 0 fully saturated rings. The highest BCUT2D eigenvalue weighted by Gasteiger charge is 2.28. The van der Waals surface area contributed by atoms with E-state index in [1.54, 1.807) is 0 Å². The maximum atomic E-state index is 11.0. The van der Waals surface area contributed by atoms with Crippen LogP contribution >= 0.6 is 67.8 Å². The van der Waals surface area contributed by atoms with E-state index < -0.39 is 11.5 Å². The Kier molecular flexibility index (Phi) is 5.93. The molecule has 100 valence electrons. The number of hydrogen-bond acceptors (Lipinski definition) is 3. The Morgan fingerprint density at radius 1 is 1.39 bits per heavy atom. The van der Waals surface area contributed by atoms with Gasteiger partial charge in [0.1, 0.15) is 5.54 Å². The molecule has 0 spiro atoms. The van der Waals surface area contributed by atoms with Crippen LogP contribution in [0.2, 0.25) is 0 Å². The van der Waals surface area contributed by atoms with E-state index in [-0.39, 0.29) is 0 Å². The highest BCUT2D eigenvalue weighted by molar-refractivity contribution is 14.1. The summed E-state index contributed by atoms with van der Waals surface area (Å²) in [4.78, 5) is 11.0. The van der Waals surface area contributed by atoms with E-state index in [9.17, 15) is 4.79 Å². The van der Waals surface area contributed by atoms with Gasteiger partial charge < -0.3 is 16.6 Å². The van der Waals surface area contributed by atoms with E-state index in [0.717, 1.165) is 22.0 Å².